The lowest BCUT2D eigenvalue weighted by atomic mass is 10.1. The molecule has 0 unspecified atom stereocenters. The first kappa shape index (κ1) is 21.0. The zero-order valence-electron chi connectivity index (χ0n) is 17.7. The maximum absolute atomic E-state index is 13.1. The van der Waals surface area contributed by atoms with Gasteiger partial charge in [-0.15, -0.1) is 0 Å². The Morgan fingerprint density at radius 3 is 2.44 bits per heavy atom. The highest BCUT2D eigenvalue weighted by molar-refractivity contribution is 6.03. The van der Waals surface area contributed by atoms with E-state index in [1.54, 1.807) is 56.7 Å². The van der Waals surface area contributed by atoms with Crippen molar-refractivity contribution in [2.75, 3.05) is 14.2 Å². The Labute approximate surface area is 184 Å². The molecule has 4 aromatic rings. The summed E-state index contributed by atoms with van der Waals surface area (Å²) in [6.45, 7) is 0.214. The van der Waals surface area contributed by atoms with E-state index in [9.17, 15) is 9.59 Å². The summed E-state index contributed by atoms with van der Waals surface area (Å²) in [5, 5.41) is 6.33. The van der Waals surface area contributed by atoms with Crippen LogP contribution in [0.5, 0.6) is 11.5 Å². The Morgan fingerprint density at radius 1 is 1.00 bits per heavy atom. The molecule has 2 aromatic heterocycles. The number of hydrogen-bond donors (Lipinski definition) is 3. The number of aromatic amines is 1. The Hall–Kier alpha value is -4.20. The fourth-order valence-electron chi connectivity index (χ4n) is 3.48. The van der Waals surface area contributed by atoms with Crippen molar-refractivity contribution in [2.24, 2.45) is 0 Å². The van der Waals surface area contributed by atoms with Gasteiger partial charge in [-0.3, -0.25) is 9.59 Å². The third kappa shape index (κ3) is 4.29. The number of methoxy groups -OCH3 is 2. The number of hydrogen-bond acceptors (Lipinski definition) is 5. The number of H-pyrrole nitrogens is 1. The minimum atomic E-state index is -0.895. The van der Waals surface area contributed by atoms with Crippen LogP contribution in [-0.4, -0.2) is 31.0 Å². The Kier molecular flexibility index (Phi) is 6.12. The first-order valence-electron chi connectivity index (χ1n) is 10.0. The normalized spacial score (nSPS) is 11.7. The number of fused-ring (bicyclic) bond motifs is 1. The molecule has 164 valence electrons. The summed E-state index contributed by atoms with van der Waals surface area (Å²) in [6.07, 6.45) is 1.54. The first-order chi connectivity index (χ1) is 15.6. The molecule has 32 heavy (non-hydrogen) atoms. The van der Waals surface area contributed by atoms with Crippen LogP contribution in [0.15, 0.2) is 71.3 Å². The van der Waals surface area contributed by atoms with Crippen LogP contribution in [-0.2, 0) is 11.3 Å². The van der Waals surface area contributed by atoms with E-state index in [-0.39, 0.29) is 18.1 Å². The van der Waals surface area contributed by atoms with Crippen LogP contribution in [0.4, 0.5) is 0 Å². The average molecular weight is 433 g/mol. The van der Waals surface area contributed by atoms with Crippen LogP contribution in [0.2, 0.25) is 0 Å². The van der Waals surface area contributed by atoms with Crippen LogP contribution in [0.1, 0.15) is 27.9 Å². The highest BCUT2D eigenvalue weighted by Gasteiger charge is 2.25. The average Bonchev–Trinajstić information content (AvgIpc) is 3.51. The zero-order valence-corrected chi connectivity index (χ0v) is 17.7. The second-order valence-corrected chi connectivity index (χ2v) is 7.06. The van der Waals surface area contributed by atoms with Crippen LogP contribution in [0.3, 0.4) is 0 Å². The van der Waals surface area contributed by atoms with Crippen molar-refractivity contribution in [1.82, 2.24) is 15.6 Å². The molecule has 0 fully saturated rings. The summed E-state index contributed by atoms with van der Waals surface area (Å²) in [5.41, 5.74) is 1.57. The number of ether oxygens (including phenoxy) is 2. The van der Waals surface area contributed by atoms with Gasteiger partial charge in [0.2, 0.25) is 5.91 Å². The largest absolute Gasteiger partial charge is 0.496 e. The third-order valence-electron chi connectivity index (χ3n) is 5.09. The van der Waals surface area contributed by atoms with E-state index < -0.39 is 11.9 Å². The molecule has 0 radical (unpaired) electrons. The molecule has 4 rings (SSSR count). The van der Waals surface area contributed by atoms with Gasteiger partial charge >= 0.3 is 0 Å². The molecular formula is C24H23N3O5. The smallest absolute Gasteiger partial charge is 0.268 e. The van der Waals surface area contributed by atoms with Crippen molar-refractivity contribution in [1.29, 1.82) is 0 Å². The van der Waals surface area contributed by atoms with E-state index in [1.165, 1.54) is 6.26 Å². The van der Waals surface area contributed by atoms with Crippen LogP contribution >= 0.6 is 0 Å². The molecule has 0 aliphatic rings. The Balaban J connectivity index is 1.60. The molecule has 0 saturated heterocycles. The maximum atomic E-state index is 13.1. The lowest BCUT2D eigenvalue weighted by Gasteiger charge is -2.18. The van der Waals surface area contributed by atoms with Gasteiger partial charge in [0.1, 0.15) is 29.0 Å². The Bertz CT molecular complexity index is 1170. The summed E-state index contributed by atoms with van der Waals surface area (Å²) in [6, 6.07) is 16.9. The number of carbonyl (C=O) groups is 2. The molecular weight excluding hydrogens is 410 g/mol. The molecule has 0 aliphatic heterocycles. The van der Waals surface area contributed by atoms with Crippen LogP contribution in [0.25, 0.3) is 10.9 Å². The van der Waals surface area contributed by atoms with Crippen molar-refractivity contribution < 1.29 is 23.5 Å². The van der Waals surface area contributed by atoms with E-state index in [0.29, 0.717) is 33.7 Å². The number of amides is 2. The fourth-order valence-corrected chi connectivity index (χ4v) is 3.48. The quantitative estimate of drug-likeness (QED) is 0.394. The minimum absolute atomic E-state index is 0.214. The Morgan fingerprint density at radius 2 is 1.75 bits per heavy atom. The molecule has 2 amide bonds. The van der Waals surface area contributed by atoms with Crippen molar-refractivity contribution in [3.05, 3.63) is 83.9 Å². The number of aromatic nitrogens is 1. The summed E-state index contributed by atoms with van der Waals surface area (Å²) in [7, 11) is 3.11. The first-order valence-corrected chi connectivity index (χ1v) is 10.0. The number of benzene rings is 2. The predicted molar refractivity (Wildman–Crippen MR) is 119 cm³/mol. The number of nitrogens with one attached hydrogen (secondary N) is 3. The third-order valence-corrected chi connectivity index (χ3v) is 5.09. The van der Waals surface area contributed by atoms with Gasteiger partial charge in [-0.2, -0.15) is 0 Å². The minimum Gasteiger partial charge on any atom is -0.496 e. The van der Waals surface area contributed by atoms with E-state index in [1.807, 2.05) is 18.2 Å². The second-order valence-electron chi connectivity index (χ2n) is 7.06. The molecule has 0 saturated carbocycles. The number of carbonyl (C=O) groups excluding carboxylic acids is 2. The van der Waals surface area contributed by atoms with E-state index in [0.717, 1.165) is 0 Å². The highest BCUT2D eigenvalue weighted by atomic mass is 16.5. The van der Waals surface area contributed by atoms with Gasteiger partial charge in [-0.25, -0.2) is 0 Å². The molecule has 0 bridgehead atoms. The number of furan rings is 1. The predicted octanol–water partition coefficient (Wildman–Crippen LogP) is 3.57. The van der Waals surface area contributed by atoms with E-state index >= 15 is 0 Å². The summed E-state index contributed by atoms with van der Waals surface area (Å²) >= 11 is 0. The molecule has 1 atom stereocenters. The molecule has 8 nitrogen and oxygen atoms in total. The van der Waals surface area contributed by atoms with Gasteiger partial charge in [0.25, 0.3) is 5.91 Å². The highest BCUT2D eigenvalue weighted by Crippen LogP contribution is 2.33. The van der Waals surface area contributed by atoms with Gasteiger partial charge in [-0.05, 0) is 35.9 Å². The zero-order chi connectivity index (χ0) is 22.5. The molecule has 0 spiro atoms. The van der Waals surface area contributed by atoms with Gasteiger partial charge in [0, 0.05) is 5.39 Å². The van der Waals surface area contributed by atoms with Crippen molar-refractivity contribution >= 4 is 22.7 Å². The van der Waals surface area contributed by atoms with Crippen molar-refractivity contribution in [3.8, 4) is 11.5 Å². The fraction of sp³-hybridized carbons (Fsp3) is 0.167. The van der Waals surface area contributed by atoms with Crippen molar-refractivity contribution in [3.63, 3.8) is 0 Å². The number of rotatable bonds is 8. The maximum Gasteiger partial charge on any atom is 0.268 e. The molecule has 2 heterocycles. The second kappa shape index (κ2) is 9.30. The topological polar surface area (TPSA) is 106 Å². The van der Waals surface area contributed by atoms with Crippen molar-refractivity contribution in [2.45, 2.75) is 12.6 Å². The van der Waals surface area contributed by atoms with E-state index in [4.69, 9.17) is 13.9 Å². The monoisotopic (exact) mass is 433 g/mol. The standard InChI is InChI=1S/C24H23N3O5/c1-30-19-10-11-20(31-2)22-17(19)13-18(26-22)23(28)27-21(15-7-4-3-5-8-15)24(29)25-14-16-9-6-12-32-16/h3-13,21,26H,14H2,1-2H3,(H,25,29)(H,27,28)/t21-/m1/s1. The molecule has 2 aromatic carbocycles. The summed E-state index contributed by atoms with van der Waals surface area (Å²) < 4.78 is 16.0. The van der Waals surface area contributed by atoms with Gasteiger partial charge in [-0.1, -0.05) is 30.3 Å². The molecule has 0 aliphatic carbocycles. The summed E-state index contributed by atoms with van der Waals surface area (Å²) in [4.78, 5) is 29.1. The molecule has 3 N–H and O–H groups in total. The SMILES string of the molecule is COc1ccc(OC)c2[nH]c(C(=O)N[C@@H](C(=O)NCc3ccco3)c3ccccc3)cc12. The lowest BCUT2D eigenvalue weighted by molar-refractivity contribution is -0.123. The lowest BCUT2D eigenvalue weighted by Crippen LogP contribution is -2.40. The van der Waals surface area contributed by atoms with Crippen LogP contribution < -0.4 is 20.1 Å². The van der Waals surface area contributed by atoms with E-state index in [2.05, 4.69) is 15.6 Å². The van der Waals surface area contributed by atoms with Gasteiger partial charge < -0.3 is 29.5 Å². The molecule has 8 heteroatoms. The van der Waals surface area contributed by atoms with Crippen LogP contribution in [0, 0.1) is 0 Å². The van der Waals surface area contributed by atoms with Gasteiger partial charge in [0.15, 0.2) is 0 Å². The van der Waals surface area contributed by atoms with Gasteiger partial charge in [0.05, 0.1) is 32.5 Å². The summed E-state index contributed by atoms with van der Waals surface area (Å²) in [5.74, 6) is 1.01.